The van der Waals surface area contributed by atoms with Gasteiger partial charge in [-0.25, -0.2) is 9.78 Å². The van der Waals surface area contributed by atoms with Gasteiger partial charge < -0.3 is 40.5 Å². The van der Waals surface area contributed by atoms with Gasteiger partial charge in [0, 0.05) is 48.0 Å². The first kappa shape index (κ1) is 39.5. The van der Waals surface area contributed by atoms with E-state index in [0.29, 0.717) is 30.5 Å². The maximum absolute atomic E-state index is 13.5. The van der Waals surface area contributed by atoms with Crippen LogP contribution in [0.25, 0.3) is 11.1 Å². The molecular weight excluding hydrogens is 702 g/mol. The summed E-state index contributed by atoms with van der Waals surface area (Å²) in [4.78, 5) is 29.6. The Kier molecular flexibility index (Phi) is 13.4. The van der Waals surface area contributed by atoms with Gasteiger partial charge >= 0.3 is 0 Å². The van der Waals surface area contributed by atoms with E-state index in [2.05, 4.69) is 35.4 Å². The lowest BCUT2D eigenvalue weighted by Crippen LogP contribution is -2.54. The Hall–Kier alpha value is -3.17. The van der Waals surface area contributed by atoms with Crippen molar-refractivity contribution in [2.24, 2.45) is 0 Å². The van der Waals surface area contributed by atoms with E-state index in [1.165, 1.54) is 4.90 Å². The highest BCUT2D eigenvalue weighted by molar-refractivity contribution is 6.31. The van der Waals surface area contributed by atoms with E-state index in [-0.39, 0.29) is 43.5 Å². The van der Waals surface area contributed by atoms with Gasteiger partial charge in [-0.1, -0.05) is 48.9 Å². The van der Waals surface area contributed by atoms with Crippen LogP contribution in [-0.2, 0) is 26.7 Å². The highest BCUT2D eigenvalue weighted by Crippen LogP contribution is 2.50. The van der Waals surface area contributed by atoms with E-state index in [9.17, 15) is 25.2 Å². The van der Waals surface area contributed by atoms with Crippen LogP contribution in [0.3, 0.4) is 0 Å². The lowest BCUT2D eigenvalue weighted by molar-refractivity contribution is -0.323. The van der Waals surface area contributed by atoms with Crippen LogP contribution in [0, 0.1) is 0 Å². The molecule has 1 saturated heterocycles. The average molecular weight is 754 g/mol. The van der Waals surface area contributed by atoms with Crippen LogP contribution in [0.2, 0.25) is 5.02 Å². The Bertz CT molecular complexity index is 1670. The molecule has 12 nitrogen and oxygen atoms in total. The summed E-state index contributed by atoms with van der Waals surface area (Å²) < 4.78 is 6.27. The standard InChI is InChI=1S/C40H52ClN3O9/c1-25(5-4-8-37(48)44(28-14-18-51-52-24-28)22-34(46)38(49)39(50)35(47)23-45)26-9-12-33(41)27(19-26)20-43-40(15-16-40)32-21-42-17-13-30(32)31-6-2-3-7-36(31)53-29-10-11-29/h2-3,6-7,9,12-13,17,19,21,25,28-29,34-35,38-39,43,45-47,49-50H,4-5,8,10-11,14-16,18,20,22-24H2,1H3/t25?,28?,34-,35+,38+,39+/m1/s1. The smallest absolute Gasteiger partial charge is 0.222 e. The number of aliphatic hydroxyl groups excluding tert-OH is 5. The number of nitrogens with zero attached hydrogens (tertiary/aromatic N) is 2. The molecule has 2 heterocycles. The third-order valence-electron chi connectivity index (χ3n) is 10.7. The molecule has 0 spiro atoms. The van der Waals surface area contributed by atoms with Gasteiger partial charge in [0.05, 0.1) is 25.4 Å². The number of aromatic nitrogens is 1. The summed E-state index contributed by atoms with van der Waals surface area (Å²) in [6.07, 6.45) is 3.45. The molecular formula is C40H52ClN3O9. The minimum atomic E-state index is -1.78. The Balaban J connectivity index is 1.07. The second-order valence-corrected chi connectivity index (χ2v) is 15.1. The fourth-order valence-electron chi connectivity index (χ4n) is 7.03. The minimum absolute atomic E-state index is 0.0971. The molecule has 1 aliphatic heterocycles. The number of aliphatic hydroxyl groups is 5. The van der Waals surface area contributed by atoms with Gasteiger partial charge in [0.25, 0.3) is 0 Å². The molecule has 53 heavy (non-hydrogen) atoms. The highest BCUT2D eigenvalue weighted by Gasteiger charge is 2.46. The van der Waals surface area contributed by atoms with Crippen LogP contribution in [0.5, 0.6) is 5.75 Å². The first-order valence-electron chi connectivity index (χ1n) is 18.7. The van der Waals surface area contributed by atoms with Gasteiger partial charge in [0.2, 0.25) is 5.91 Å². The van der Waals surface area contributed by atoms with Gasteiger partial charge in [-0.3, -0.25) is 9.78 Å². The molecule has 2 aliphatic carbocycles. The maximum Gasteiger partial charge on any atom is 0.222 e. The van der Waals surface area contributed by atoms with Gasteiger partial charge in [-0.15, -0.1) is 0 Å². The monoisotopic (exact) mass is 753 g/mol. The third-order valence-corrected chi connectivity index (χ3v) is 11.1. The molecule has 6 N–H and O–H groups in total. The van der Waals surface area contributed by atoms with Crippen molar-refractivity contribution in [3.8, 4) is 16.9 Å². The van der Waals surface area contributed by atoms with Crippen LogP contribution >= 0.6 is 11.6 Å². The number of carbonyl (C=O) groups is 1. The maximum atomic E-state index is 13.5. The van der Waals surface area contributed by atoms with Crippen molar-refractivity contribution in [3.05, 3.63) is 82.6 Å². The van der Waals surface area contributed by atoms with Crippen molar-refractivity contribution in [2.75, 3.05) is 26.4 Å². The fourth-order valence-corrected chi connectivity index (χ4v) is 7.22. The van der Waals surface area contributed by atoms with Crippen LogP contribution in [0.4, 0.5) is 0 Å². The number of para-hydroxylation sites is 1. The molecule has 1 amide bonds. The van der Waals surface area contributed by atoms with Crippen LogP contribution < -0.4 is 10.1 Å². The van der Waals surface area contributed by atoms with E-state index in [4.69, 9.17) is 31.2 Å². The molecule has 6 rings (SSSR count). The van der Waals surface area contributed by atoms with Gasteiger partial charge in [0.15, 0.2) is 0 Å². The molecule has 0 radical (unpaired) electrons. The molecule has 6 atom stereocenters. The topological polar surface area (TPSA) is 174 Å². The number of halogens is 1. The second kappa shape index (κ2) is 18.0. The number of rotatable bonds is 19. The number of ether oxygens (including phenoxy) is 1. The van der Waals surface area contributed by atoms with E-state index in [1.54, 1.807) is 0 Å². The molecule has 2 unspecified atom stereocenters. The normalized spacial score (nSPS) is 20.9. The Morgan fingerprint density at radius 1 is 1.04 bits per heavy atom. The first-order valence-corrected chi connectivity index (χ1v) is 19.1. The minimum Gasteiger partial charge on any atom is -0.490 e. The first-order chi connectivity index (χ1) is 25.6. The predicted molar refractivity (Wildman–Crippen MR) is 198 cm³/mol. The van der Waals surface area contributed by atoms with E-state index >= 15 is 0 Å². The zero-order chi connectivity index (χ0) is 37.5. The number of amides is 1. The summed E-state index contributed by atoms with van der Waals surface area (Å²) in [5.41, 5.74) is 5.24. The molecule has 288 valence electrons. The number of carbonyl (C=O) groups excluding carboxylic acids is 1. The molecule has 3 fully saturated rings. The average Bonchev–Trinajstić information content (AvgIpc) is 4.14. The van der Waals surface area contributed by atoms with Gasteiger partial charge in [-0.05, 0) is 91.3 Å². The van der Waals surface area contributed by atoms with E-state index in [0.717, 1.165) is 65.7 Å². The SMILES string of the molecule is CC(CCCC(=O)N(C[C@@H](O)[C@H](O)[C@@H](O)[C@@H](O)CO)C1CCOOC1)c1ccc(Cl)c(CNC2(c3cnccc3-c3ccccc3OC3CC3)CC2)c1. The number of pyridine rings is 1. The fraction of sp³-hybridized carbons (Fsp3) is 0.550. The Labute approximate surface area is 315 Å². The second-order valence-electron chi connectivity index (χ2n) is 14.7. The van der Waals surface area contributed by atoms with Crippen molar-refractivity contribution in [1.82, 2.24) is 15.2 Å². The Morgan fingerprint density at radius 3 is 2.53 bits per heavy atom. The number of nitrogens with one attached hydrogen (secondary N) is 1. The van der Waals surface area contributed by atoms with Crippen molar-refractivity contribution < 1.29 is 44.8 Å². The summed E-state index contributed by atoms with van der Waals surface area (Å²) in [7, 11) is 0. The van der Waals surface area contributed by atoms with Crippen LogP contribution in [0.15, 0.2) is 60.9 Å². The van der Waals surface area contributed by atoms with Gasteiger partial charge in [0.1, 0.15) is 36.8 Å². The van der Waals surface area contributed by atoms with Crippen LogP contribution in [-0.4, -0.2) is 104 Å². The largest absolute Gasteiger partial charge is 0.490 e. The van der Waals surface area contributed by atoms with Crippen molar-refractivity contribution in [2.45, 2.75) is 113 Å². The van der Waals surface area contributed by atoms with Crippen molar-refractivity contribution >= 4 is 17.5 Å². The number of hydrogen-bond acceptors (Lipinski definition) is 11. The summed E-state index contributed by atoms with van der Waals surface area (Å²) in [6.45, 7) is 1.98. The quantitative estimate of drug-likeness (QED) is 0.0978. The number of hydrogen-bond donors (Lipinski definition) is 6. The van der Waals surface area contributed by atoms with Crippen LogP contribution in [0.1, 0.15) is 80.9 Å². The molecule has 2 aromatic carbocycles. The molecule has 0 bridgehead atoms. The highest BCUT2D eigenvalue weighted by atomic mass is 35.5. The third kappa shape index (κ3) is 9.93. The van der Waals surface area contributed by atoms with E-state index in [1.807, 2.05) is 42.7 Å². The zero-order valence-electron chi connectivity index (χ0n) is 30.1. The van der Waals surface area contributed by atoms with E-state index < -0.39 is 37.1 Å². The van der Waals surface area contributed by atoms with Crippen molar-refractivity contribution in [3.63, 3.8) is 0 Å². The lowest BCUT2D eigenvalue weighted by atomic mass is 9.93. The lowest BCUT2D eigenvalue weighted by Gasteiger charge is -2.36. The Morgan fingerprint density at radius 2 is 1.81 bits per heavy atom. The van der Waals surface area contributed by atoms with Crippen molar-refractivity contribution in [1.29, 1.82) is 0 Å². The summed E-state index contributed by atoms with van der Waals surface area (Å²) in [5, 5.41) is 54.5. The summed E-state index contributed by atoms with van der Waals surface area (Å²) in [5.74, 6) is 0.800. The summed E-state index contributed by atoms with van der Waals surface area (Å²) in [6, 6.07) is 16.0. The molecule has 2 saturated carbocycles. The predicted octanol–water partition coefficient (Wildman–Crippen LogP) is 3.98. The number of benzene rings is 2. The zero-order valence-corrected chi connectivity index (χ0v) is 30.9. The van der Waals surface area contributed by atoms with Gasteiger partial charge in [-0.2, -0.15) is 0 Å². The molecule has 3 aromatic rings. The summed E-state index contributed by atoms with van der Waals surface area (Å²) >= 11 is 6.74. The molecule has 1 aromatic heterocycles. The molecule has 13 heteroatoms. The molecule has 3 aliphatic rings.